The zero-order valence-electron chi connectivity index (χ0n) is 17.8. The lowest BCUT2D eigenvalue weighted by Crippen LogP contribution is -2.41. The van der Waals surface area contributed by atoms with Gasteiger partial charge in [0.15, 0.2) is 5.96 Å². The highest BCUT2D eigenvalue weighted by Crippen LogP contribution is 2.37. The standard InChI is InChI=1S/C22H32N4OS2.HI/c1-3-23-22(24-13-16-29(27)19-10-5-4-6-11-19)25-17-18-9-7-14-26(2)21(18)20-12-8-15-28-20;/h4-6,8,10-12,15,18,21H,3,7,9,13-14,16-17H2,1-2H3,(H2,23,24,25);1H. The van der Waals surface area contributed by atoms with Gasteiger partial charge in [-0.05, 0) is 62.9 Å². The highest BCUT2D eigenvalue weighted by molar-refractivity contribution is 14.0. The Balaban J connectivity index is 0.00000320. The van der Waals surface area contributed by atoms with Gasteiger partial charge in [-0.3, -0.25) is 14.1 Å². The molecule has 3 atom stereocenters. The Hall–Kier alpha value is -0.970. The average Bonchev–Trinajstić information content (AvgIpc) is 3.27. The van der Waals surface area contributed by atoms with E-state index in [-0.39, 0.29) is 24.0 Å². The van der Waals surface area contributed by atoms with Crippen LogP contribution in [0, 0.1) is 5.92 Å². The Morgan fingerprint density at radius 1 is 1.23 bits per heavy atom. The van der Waals surface area contributed by atoms with Crippen molar-refractivity contribution in [3.05, 3.63) is 52.7 Å². The number of halogens is 1. The first kappa shape index (κ1) is 25.3. The van der Waals surface area contributed by atoms with Crippen molar-refractivity contribution in [2.45, 2.75) is 30.7 Å². The maximum atomic E-state index is 12.4. The Labute approximate surface area is 204 Å². The third-order valence-corrected chi connectivity index (χ3v) is 7.57. The molecule has 3 rings (SSSR count). The number of aliphatic imine (C=N–C) groups is 1. The van der Waals surface area contributed by atoms with Gasteiger partial charge in [-0.1, -0.05) is 24.3 Å². The van der Waals surface area contributed by atoms with Crippen LogP contribution in [0.15, 0.2) is 57.7 Å². The number of likely N-dealkylation sites (tertiary alicyclic amines) is 1. The first-order chi connectivity index (χ1) is 14.2. The lowest BCUT2D eigenvalue weighted by molar-refractivity contribution is 0.128. The number of hydrogen-bond acceptors (Lipinski definition) is 4. The molecule has 0 spiro atoms. The number of rotatable bonds is 8. The van der Waals surface area contributed by atoms with Gasteiger partial charge in [0.25, 0.3) is 0 Å². The summed E-state index contributed by atoms with van der Waals surface area (Å²) in [5.74, 6) is 1.90. The van der Waals surface area contributed by atoms with E-state index in [9.17, 15) is 4.21 Å². The number of hydrogen-bond donors (Lipinski definition) is 2. The number of piperidine rings is 1. The third-order valence-electron chi connectivity index (χ3n) is 5.26. The van der Waals surface area contributed by atoms with Crippen LogP contribution in [0.1, 0.15) is 30.7 Å². The maximum absolute atomic E-state index is 12.4. The second kappa shape index (κ2) is 13.4. The van der Waals surface area contributed by atoms with E-state index in [1.165, 1.54) is 17.7 Å². The molecule has 5 nitrogen and oxygen atoms in total. The van der Waals surface area contributed by atoms with Gasteiger partial charge < -0.3 is 10.6 Å². The van der Waals surface area contributed by atoms with Crippen LogP contribution < -0.4 is 10.6 Å². The van der Waals surface area contributed by atoms with Crippen LogP contribution in [0.2, 0.25) is 0 Å². The van der Waals surface area contributed by atoms with Crippen LogP contribution in [-0.2, 0) is 10.8 Å². The molecule has 30 heavy (non-hydrogen) atoms. The smallest absolute Gasteiger partial charge is 0.191 e. The molecule has 1 saturated heterocycles. The van der Waals surface area contributed by atoms with E-state index in [1.807, 2.05) is 41.7 Å². The zero-order valence-corrected chi connectivity index (χ0v) is 21.7. The fourth-order valence-corrected chi connectivity index (χ4v) is 5.83. The second-order valence-corrected chi connectivity index (χ2v) is 9.90. The Bertz CT molecular complexity index is 786. The van der Waals surface area contributed by atoms with Crippen molar-refractivity contribution in [1.29, 1.82) is 0 Å². The second-order valence-electron chi connectivity index (χ2n) is 7.35. The summed E-state index contributed by atoms with van der Waals surface area (Å²) in [5.41, 5.74) is 0. The quantitative estimate of drug-likeness (QED) is 0.290. The normalized spacial score (nSPS) is 20.9. The van der Waals surface area contributed by atoms with Gasteiger partial charge >= 0.3 is 0 Å². The van der Waals surface area contributed by atoms with E-state index in [4.69, 9.17) is 4.99 Å². The molecule has 1 aromatic heterocycles. The molecule has 2 N–H and O–H groups in total. The molecule has 1 aliphatic rings. The van der Waals surface area contributed by atoms with Crippen LogP contribution in [-0.4, -0.2) is 54.0 Å². The summed E-state index contributed by atoms with van der Waals surface area (Å²) in [7, 11) is 1.23. The minimum absolute atomic E-state index is 0. The molecule has 0 bridgehead atoms. The van der Waals surface area contributed by atoms with Crippen LogP contribution in [0.4, 0.5) is 0 Å². The molecule has 2 heterocycles. The highest BCUT2D eigenvalue weighted by atomic mass is 127. The molecule has 0 radical (unpaired) electrons. The fourth-order valence-electron chi connectivity index (χ4n) is 3.86. The molecule has 166 valence electrons. The van der Waals surface area contributed by atoms with Crippen LogP contribution in [0.25, 0.3) is 0 Å². The first-order valence-corrected chi connectivity index (χ1v) is 12.6. The van der Waals surface area contributed by atoms with Gasteiger partial charge in [-0.25, -0.2) is 0 Å². The SMILES string of the molecule is CCNC(=NCC1CCCN(C)C1c1cccs1)NCCS(=O)c1ccccc1.I. The van der Waals surface area contributed by atoms with E-state index < -0.39 is 10.8 Å². The van der Waals surface area contributed by atoms with Gasteiger partial charge in [0, 0.05) is 41.2 Å². The molecular formula is C22H33IN4OS2. The molecule has 8 heteroatoms. The lowest BCUT2D eigenvalue weighted by Gasteiger charge is -2.38. The predicted molar refractivity (Wildman–Crippen MR) is 140 cm³/mol. The first-order valence-electron chi connectivity index (χ1n) is 10.4. The molecule has 1 aliphatic heterocycles. The summed E-state index contributed by atoms with van der Waals surface area (Å²) in [6.45, 7) is 5.46. The molecule has 0 saturated carbocycles. The third kappa shape index (κ3) is 7.32. The van der Waals surface area contributed by atoms with E-state index in [0.29, 0.717) is 24.3 Å². The van der Waals surface area contributed by atoms with Crippen LogP contribution >= 0.6 is 35.3 Å². The van der Waals surface area contributed by atoms with Gasteiger partial charge in [0.2, 0.25) is 0 Å². The topological polar surface area (TPSA) is 56.7 Å². The Kier molecular flexibility index (Phi) is 11.3. The molecule has 1 aromatic carbocycles. The largest absolute Gasteiger partial charge is 0.357 e. The molecule has 2 aromatic rings. The zero-order chi connectivity index (χ0) is 20.5. The van der Waals surface area contributed by atoms with Gasteiger partial charge in [0.1, 0.15) is 0 Å². The Morgan fingerprint density at radius 3 is 2.73 bits per heavy atom. The summed E-state index contributed by atoms with van der Waals surface area (Å²) in [6.07, 6.45) is 2.42. The number of benzene rings is 1. The van der Waals surface area contributed by atoms with Crippen molar-refractivity contribution >= 4 is 52.1 Å². The molecule has 0 amide bonds. The van der Waals surface area contributed by atoms with Crippen molar-refractivity contribution in [3.8, 4) is 0 Å². The highest BCUT2D eigenvalue weighted by Gasteiger charge is 2.31. The molecule has 3 unspecified atom stereocenters. The maximum Gasteiger partial charge on any atom is 0.191 e. The van der Waals surface area contributed by atoms with Crippen LogP contribution in [0.5, 0.6) is 0 Å². The number of guanidine groups is 1. The molecule has 0 aliphatic carbocycles. The van der Waals surface area contributed by atoms with E-state index in [0.717, 1.165) is 30.5 Å². The monoisotopic (exact) mass is 560 g/mol. The number of thiophene rings is 1. The molecule has 1 fully saturated rings. The van der Waals surface area contributed by atoms with Gasteiger partial charge in [0.05, 0.1) is 10.8 Å². The van der Waals surface area contributed by atoms with Crippen molar-refractivity contribution in [2.75, 3.05) is 39.0 Å². The Morgan fingerprint density at radius 2 is 2.03 bits per heavy atom. The van der Waals surface area contributed by atoms with Gasteiger partial charge in [-0.2, -0.15) is 0 Å². The number of nitrogens with one attached hydrogen (secondary N) is 2. The van der Waals surface area contributed by atoms with E-state index in [2.05, 4.69) is 47.0 Å². The van der Waals surface area contributed by atoms with Crippen molar-refractivity contribution in [2.24, 2.45) is 10.9 Å². The van der Waals surface area contributed by atoms with E-state index >= 15 is 0 Å². The summed E-state index contributed by atoms with van der Waals surface area (Å²) < 4.78 is 12.4. The summed E-state index contributed by atoms with van der Waals surface area (Å²) in [4.78, 5) is 9.65. The fraction of sp³-hybridized carbons (Fsp3) is 0.500. The van der Waals surface area contributed by atoms with Crippen molar-refractivity contribution in [1.82, 2.24) is 15.5 Å². The lowest BCUT2D eigenvalue weighted by atomic mass is 9.88. The number of nitrogens with zero attached hydrogens (tertiary/aromatic N) is 2. The van der Waals surface area contributed by atoms with Crippen LogP contribution in [0.3, 0.4) is 0 Å². The summed E-state index contributed by atoms with van der Waals surface area (Å²) >= 11 is 1.84. The minimum Gasteiger partial charge on any atom is -0.357 e. The van der Waals surface area contributed by atoms with E-state index in [1.54, 1.807) is 0 Å². The predicted octanol–water partition coefficient (Wildman–Crippen LogP) is 4.11. The minimum atomic E-state index is -0.993. The van der Waals surface area contributed by atoms with Crippen molar-refractivity contribution in [3.63, 3.8) is 0 Å². The van der Waals surface area contributed by atoms with Crippen molar-refractivity contribution < 1.29 is 4.21 Å². The molecular weight excluding hydrogens is 527 g/mol. The average molecular weight is 561 g/mol. The summed E-state index contributed by atoms with van der Waals surface area (Å²) in [6, 6.07) is 14.5. The summed E-state index contributed by atoms with van der Waals surface area (Å²) in [5, 5.41) is 8.85. The van der Waals surface area contributed by atoms with Gasteiger partial charge in [-0.15, -0.1) is 35.3 Å².